The van der Waals surface area contributed by atoms with Gasteiger partial charge in [0.15, 0.2) is 0 Å². The fourth-order valence-electron chi connectivity index (χ4n) is 1.47. The van der Waals surface area contributed by atoms with Crippen molar-refractivity contribution < 1.29 is 12.7 Å². The van der Waals surface area contributed by atoms with Gasteiger partial charge in [-0.1, -0.05) is 16.8 Å². The van der Waals surface area contributed by atoms with E-state index in [0.717, 1.165) is 17.0 Å². The van der Waals surface area contributed by atoms with Gasteiger partial charge in [0.2, 0.25) is 0 Å². The minimum atomic E-state index is -3.84. The molecule has 0 aliphatic rings. The van der Waals surface area contributed by atoms with Crippen LogP contribution in [0.4, 0.5) is 0 Å². The third-order valence-corrected chi connectivity index (χ3v) is 3.98. The van der Waals surface area contributed by atoms with Gasteiger partial charge in [-0.25, -0.2) is 4.98 Å². The van der Waals surface area contributed by atoms with Gasteiger partial charge in [-0.05, 0) is 24.3 Å². The fourth-order valence-corrected chi connectivity index (χ4v) is 2.88. The van der Waals surface area contributed by atoms with Crippen LogP contribution in [0.1, 0.15) is 5.01 Å². The number of nitriles is 2. The van der Waals surface area contributed by atoms with Gasteiger partial charge in [-0.3, -0.25) is 4.28 Å². The second-order valence-corrected chi connectivity index (χ2v) is 7.19. The average Bonchev–Trinajstić information content (AvgIpc) is 2.89. The monoisotopic (exact) mass is 366 g/mol. The van der Waals surface area contributed by atoms with Crippen LogP contribution >= 0.6 is 22.9 Å². The molecule has 0 spiro atoms. The zero-order valence-corrected chi connectivity index (χ0v) is 13.9. The lowest BCUT2D eigenvalue weighted by atomic mass is 10.2. The molecule has 0 saturated carbocycles. The smallest absolute Gasteiger partial charge is 0.268 e. The molecule has 1 aromatic carbocycles. The van der Waals surface area contributed by atoms with E-state index in [4.69, 9.17) is 22.1 Å². The van der Waals surface area contributed by atoms with Crippen LogP contribution in [0.5, 0.6) is 0 Å². The first-order valence-corrected chi connectivity index (χ1v) is 8.88. The molecule has 0 atom stereocenters. The molecule has 0 aliphatic carbocycles. The summed E-state index contributed by atoms with van der Waals surface area (Å²) in [7, 11) is -3.84. The van der Waals surface area contributed by atoms with Crippen LogP contribution in [0.2, 0.25) is 5.02 Å². The number of allylic oxidation sites excluding steroid dienone is 2. The Bertz CT molecular complexity index is 994. The summed E-state index contributed by atoms with van der Waals surface area (Å²) >= 11 is 7.07. The Morgan fingerprint density at radius 2 is 2.13 bits per heavy atom. The largest absolute Gasteiger partial charge is 0.325 e. The van der Waals surface area contributed by atoms with Crippen molar-refractivity contribution >= 4 is 49.0 Å². The summed E-state index contributed by atoms with van der Waals surface area (Å²) in [5.74, 6) is 0. The van der Waals surface area contributed by atoms with Crippen LogP contribution in [0.25, 0.3) is 10.2 Å². The number of benzene rings is 1. The summed E-state index contributed by atoms with van der Waals surface area (Å²) in [5, 5.41) is 22.0. The third-order valence-electron chi connectivity index (χ3n) is 2.36. The molecule has 10 heteroatoms. The number of oxime groups is 1. The number of aromatic nitrogens is 1. The van der Waals surface area contributed by atoms with Crippen molar-refractivity contribution in [3.63, 3.8) is 0 Å². The molecule has 1 aromatic heterocycles. The van der Waals surface area contributed by atoms with Crippen LogP contribution < -0.4 is 0 Å². The zero-order valence-electron chi connectivity index (χ0n) is 11.5. The van der Waals surface area contributed by atoms with Gasteiger partial charge in [0.05, 0.1) is 16.5 Å². The van der Waals surface area contributed by atoms with Crippen molar-refractivity contribution in [2.75, 3.05) is 6.26 Å². The molecule has 0 aliphatic heterocycles. The molecule has 2 aromatic rings. The van der Waals surface area contributed by atoms with E-state index in [1.807, 2.05) is 0 Å². The van der Waals surface area contributed by atoms with Gasteiger partial charge in [0.25, 0.3) is 0 Å². The number of fused-ring (bicyclic) bond motifs is 1. The van der Waals surface area contributed by atoms with E-state index >= 15 is 0 Å². The molecule has 0 amide bonds. The molecule has 1 heterocycles. The molecular formula is C13H7ClN4O3S2. The molecule has 0 saturated heterocycles. The minimum Gasteiger partial charge on any atom is -0.268 e. The summed E-state index contributed by atoms with van der Waals surface area (Å²) < 4.78 is 27.3. The maximum Gasteiger partial charge on any atom is 0.325 e. The summed E-state index contributed by atoms with van der Waals surface area (Å²) in [6, 6.07) is 8.35. The van der Waals surface area contributed by atoms with E-state index in [1.165, 1.54) is 11.3 Å². The highest BCUT2D eigenvalue weighted by Gasteiger charge is 2.13. The Labute approximate surface area is 140 Å². The topological polar surface area (TPSA) is 116 Å². The van der Waals surface area contributed by atoms with E-state index in [9.17, 15) is 8.42 Å². The van der Waals surface area contributed by atoms with Crippen LogP contribution in [0.3, 0.4) is 0 Å². The van der Waals surface area contributed by atoms with Gasteiger partial charge < -0.3 is 0 Å². The quantitative estimate of drug-likeness (QED) is 0.466. The van der Waals surface area contributed by atoms with Gasteiger partial charge in [-0.2, -0.15) is 18.9 Å². The average molecular weight is 367 g/mol. The predicted molar refractivity (Wildman–Crippen MR) is 86.4 cm³/mol. The molecular weight excluding hydrogens is 360 g/mol. The number of hydrogen-bond acceptors (Lipinski definition) is 8. The Hall–Kier alpha value is -2.46. The van der Waals surface area contributed by atoms with Gasteiger partial charge in [-0.15, -0.1) is 11.3 Å². The van der Waals surface area contributed by atoms with Gasteiger partial charge in [0.1, 0.15) is 28.4 Å². The molecule has 0 bridgehead atoms. The maximum atomic E-state index is 11.1. The standard InChI is InChI=1S/C13H7ClN4O3S2/c1-23(19,20)21-18-11(4-8(6-15)7-16)13-17-10-3-2-9(14)5-12(10)22-13/h2-5H,1H3. The molecule has 0 radical (unpaired) electrons. The van der Waals surface area contributed by atoms with Gasteiger partial charge >= 0.3 is 10.1 Å². The van der Waals surface area contributed by atoms with E-state index < -0.39 is 10.1 Å². The lowest BCUT2D eigenvalue weighted by Gasteiger charge is -1.97. The van der Waals surface area contributed by atoms with Crippen molar-refractivity contribution in [2.24, 2.45) is 5.16 Å². The summed E-state index contributed by atoms with van der Waals surface area (Å²) in [5.41, 5.74) is 0.300. The Morgan fingerprint density at radius 1 is 1.43 bits per heavy atom. The van der Waals surface area contributed by atoms with Crippen LogP contribution in [0.15, 0.2) is 35.0 Å². The molecule has 7 nitrogen and oxygen atoms in total. The molecule has 2 rings (SSSR count). The minimum absolute atomic E-state index is 0.0501. The van der Waals surface area contributed by atoms with Crippen molar-refractivity contribution in [2.45, 2.75) is 0 Å². The lowest BCUT2D eigenvalue weighted by Crippen LogP contribution is -2.03. The van der Waals surface area contributed by atoms with Crippen LogP contribution in [0, 0.1) is 22.7 Å². The maximum absolute atomic E-state index is 11.1. The molecule has 0 N–H and O–H groups in total. The first kappa shape index (κ1) is 16.9. The Kier molecular flexibility index (Phi) is 4.96. The molecule has 116 valence electrons. The van der Waals surface area contributed by atoms with Crippen molar-refractivity contribution in [1.82, 2.24) is 4.98 Å². The second-order valence-electron chi connectivity index (χ2n) is 4.17. The third kappa shape index (κ3) is 4.50. The summed E-state index contributed by atoms with van der Waals surface area (Å²) in [6.45, 7) is 0. The molecule has 0 fully saturated rings. The van der Waals surface area contributed by atoms with Gasteiger partial charge in [0, 0.05) is 5.02 Å². The summed E-state index contributed by atoms with van der Waals surface area (Å²) in [4.78, 5) is 4.27. The zero-order chi connectivity index (χ0) is 17.0. The Morgan fingerprint density at radius 3 is 2.74 bits per heavy atom. The number of halogens is 1. The Balaban J connectivity index is 2.57. The first-order chi connectivity index (χ1) is 10.8. The van der Waals surface area contributed by atoms with Crippen LogP contribution in [-0.2, 0) is 14.4 Å². The van der Waals surface area contributed by atoms with E-state index in [-0.39, 0.29) is 16.3 Å². The first-order valence-electron chi connectivity index (χ1n) is 5.87. The van der Waals surface area contributed by atoms with E-state index in [1.54, 1.807) is 30.3 Å². The predicted octanol–water partition coefficient (Wildman–Crippen LogP) is 2.60. The number of nitrogens with zero attached hydrogens (tertiary/aromatic N) is 4. The number of hydrogen-bond donors (Lipinski definition) is 0. The second kappa shape index (κ2) is 6.75. The molecule has 23 heavy (non-hydrogen) atoms. The van der Waals surface area contributed by atoms with Crippen molar-refractivity contribution in [1.29, 1.82) is 10.5 Å². The number of thiazole rings is 1. The van der Waals surface area contributed by atoms with Crippen molar-refractivity contribution in [3.8, 4) is 12.1 Å². The highest BCUT2D eigenvalue weighted by atomic mass is 35.5. The van der Waals surface area contributed by atoms with Crippen molar-refractivity contribution in [3.05, 3.63) is 39.9 Å². The highest BCUT2D eigenvalue weighted by molar-refractivity contribution is 7.85. The fraction of sp³-hybridized carbons (Fsp3) is 0.0769. The number of rotatable bonds is 4. The summed E-state index contributed by atoms with van der Waals surface area (Å²) in [6.07, 6.45) is 1.93. The SMILES string of the molecule is CS(=O)(=O)ON=C(C=C(C#N)C#N)c1nc2ccc(Cl)cc2s1. The van der Waals surface area contributed by atoms with E-state index in [2.05, 4.69) is 14.4 Å². The van der Waals surface area contributed by atoms with Crippen LogP contribution in [-0.4, -0.2) is 25.4 Å². The highest BCUT2D eigenvalue weighted by Crippen LogP contribution is 2.26. The molecule has 0 unspecified atom stereocenters. The lowest BCUT2D eigenvalue weighted by molar-refractivity contribution is 0.344. The van der Waals surface area contributed by atoms with E-state index in [0.29, 0.717) is 10.5 Å². The normalized spacial score (nSPS) is 11.6.